The molecular weight excluding hydrogens is 151 g/mol. The van der Waals surface area contributed by atoms with E-state index in [4.69, 9.17) is 9.31 Å². The highest BCUT2D eigenvalue weighted by molar-refractivity contribution is 6.61. The number of hydrogen-bond donors (Lipinski definition) is 0. The van der Waals surface area contributed by atoms with E-state index in [1.54, 1.807) is 0 Å². The van der Waals surface area contributed by atoms with Gasteiger partial charge >= 0.3 is 7.12 Å². The van der Waals surface area contributed by atoms with Gasteiger partial charge in [-0.05, 0) is 12.4 Å². The van der Waals surface area contributed by atoms with Crippen LogP contribution in [-0.4, -0.2) is 20.3 Å². The molecule has 0 atom stereocenters. The van der Waals surface area contributed by atoms with Crippen LogP contribution in [0.5, 0.6) is 0 Å². The second-order valence-electron chi connectivity index (χ2n) is 2.99. The van der Waals surface area contributed by atoms with Gasteiger partial charge in [0.05, 0.1) is 13.2 Å². The van der Waals surface area contributed by atoms with Gasteiger partial charge in [-0.25, -0.2) is 0 Å². The van der Waals surface area contributed by atoms with Crippen LogP contribution >= 0.6 is 0 Å². The molecule has 0 amide bonds. The zero-order valence-corrected chi connectivity index (χ0v) is 7.12. The molecule has 0 aliphatic carbocycles. The standard InChI is InChI=1S/C9H11BO2/c1-8-3-2-4-9(7-8)10-11-5-6-12-10/h2-4,7H,5-6H2,1H3. The first-order valence-corrected chi connectivity index (χ1v) is 4.16. The molecule has 1 saturated heterocycles. The highest BCUT2D eigenvalue weighted by Gasteiger charge is 2.25. The largest absolute Gasteiger partial charge is 0.494 e. The molecule has 0 radical (unpaired) electrons. The van der Waals surface area contributed by atoms with Gasteiger partial charge in [0.1, 0.15) is 0 Å². The SMILES string of the molecule is Cc1cccc(B2OCCO2)c1. The fourth-order valence-corrected chi connectivity index (χ4v) is 1.37. The predicted molar refractivity (Wildman–Crippen MR) is 48.5 cm³/mol. The van der Waals surface area contributed by atoms with E-state index < -0.39 is 0 Å². The molecule has 0 saturated carbocycles. The summed E-state index contributed by atoms with van der Waals surface area (Å²) in [6.45, 7) is 3.48. The van der Waals surface area contributed by atoms with Gasteiger partial charge in [0.2, 0.25) is 0 Å². The third kappa shape index (κ3) is 1.52. The number of rotatable bonds is 1. The van der Waals surface area contributed by atoms with Crippen molar-refractivity contribution < 1.29 is 9.31 Å². The molecule has 0 unspecified atom stereocenters. The first-order valence-electron chi connectivity index (χ1n) is 4.16. The van der Waals surface area contributed by atoms with Crippen LogP contribution in [0, 0.1) is 6.92 Å². The first kappa shape index (κ1) is 7.83. The number of benzene rings is 1. The lowest BCUT2D eigenvalue weighted by atomic mass is 9.79. The minimum atomic E-state index is -0.134. The van der Waals surface area contributed by atoms with E-state index in [1.807, 2.05) is 12.1 Å². The first-order chi connectivity index (χ1) is 5.86. The Hall–Kier alpha value is -0.795. The zero-order chi connectivity index (χ0) is 8.39. The molecule has 1 aliphatic heterocycles. The number of hydrogen-bond acceptors (Lipinski definition) is 2. The van der Waals surface area contributed by atoms with Crippen molar-refractivity contribution in [1.29, 1.82) is 0 Å². The van der Waals surface area contributed by atoms with Crippen molar-refractivity contribution in [3.63, 3.8) is 0 Å². The highest BCUT2D eigenvalue weighted by atomic mass is 16.6. The molecule has 1 aliphatic rings. The number of aryl methyl sites for hydroxylation is 1. The van der Waals surface area contributed by atoms with Gasteiger partial charge < -0.3 is 9.31 Å². The lowest BCUT2D eigenvalue weighted by Gasteiger charge is -2.03. The topological polar surface area (TPSA) is 18.5 Å². The van der Waals surface area contributed by atoms with E-state index in [9.17, 15) is 0 Å². The maximum Gasteiger partial charge on any atom is 0.494 e. The average Bonchev–Trinajstić information content (AvgIpc) is 2.56. The lowest BCUT2D eigenvalue weighted by Crippen LogP contribution is -2.31. The Bertz CT molecular complexity index is 269. The van der Waals surface area contributed by atoms with Gasteiger partial charge in [0.25, 0.3) is 0 Å². The maximum atomic E-state index is 5.37. The highest BCUT2D eigenvalue weighted by Crippen LogP contribution is 2.01. The summed E-state index contributed by atoms with van der Waals surface area (Å²) >= 11 is 0. The molecule has 2 rings (SSSR count). The summed E-state index contributed by atoms with van der Waals surface area (Å²) in [5.41, 5.74) is 2.36. The van der Waals surface area contributed by atoms with E-state index >= 15 is 0 Å². The summed E-state index contributed by atoms with van der Waals surface area (Å²) in [5.74, 6) is 0. The maximum absolute atomic E-state index is 5.37. The molecule has 2 nitrogen and oxygen atoms in total. The summed E-state index contributed by atoms with van der Waals surface area (Å²) in [7, 11) is -0.134. The van der Waals surface area contributed by atoms with Crippen LogP contribution in [0.1, 0.15) is 5.56 Å². The fraction of sp³-hybridized carbons (Fsp3) is 0.333. The van der Waals surface area contributed by atoms with Crippen LogP contribution in [0.3, 0.4) is 0 Å². The van der Waals surface area contributed by atoms with E-state index in [0.29, 0.717) is 13.2 Å². The van der Waals surface area contributed by atoms with Crippen molar-refractivity contribution in [1.82, 2.24) is 0 Å². The molecule has 0 aromatic heterocycles. The normalized spacial score (nSPS) is 16.9. The third-order valence-corrected chi connectivity index (χ3v) is 1.94. The zero-order valence-electron chi connectivity index (χ0n) is 7.12. The Balaban J connectivity index is 2.21. The molecule has 1 aromatic rings. The van der Waals surface area contributed by atoms with Crippen LogP contribution in [0.25, 0.3) is 0 Å². The van der Waals surface area contributed by atoms with Crippen molar-refractivity contribution in [3.8, 4) is 0 Å². The second-order valence-corrected chi connectivity index (χ2v) is 2.99. The van der Waals surface area contributed by atoms with Gasteiger partial charge in [-0.2, -0.15) is 0 Å². The van der Waals surface area contributed by atoms with Crippen LogP contribution < -0.4 is 5.46 Å². The van der Waals surface area contributed by atoms with Gasteiger partial charge in [0, 0.05) is 0 Å². The van der Waals surface area contributed by atoms with E-state index in [2.05, 4.69) is 19.1 Å². The summed E-state index contributed by atoms with van der Waals surface area (Å²) in [6, 6.07) is 8.22. The molecule has 62 valence electrons. The fourth-order valence-electron chi connectivity index (χ4n) is 1.37. The van der Waals surface area contributed by atoms with Crippen molar-refractivity contribution >= 4 is 12.6 Å². The molecule has 12 heavy (non-hydrogen) atoms. The van der Waals surface area contributed by atoms with E-state index in [-0.39, 0.29) is 7.12 Å². The Labute approximate surface area is 72.6 Å². The summed E-state index contributed by atoms with van der Waals surface area (Å²) in [4.78, 5) is 0. The van der Waals surface area contributed by atoms with Gasteiger partial charge in [-0.15, -0.1) is 0 Å². The van der Waals surface area contributed by atoms with Crippen molar-refractivity contribution in [3.05, 3.63) is 29.8 Å². The van der Waals surface area contributed by atoms with Gasteiger partial charge in [-0.1, -0.05) is 29.8 Å². The minimum Gasteiger partial charge on any atom is -0.405 e. The van der Waals surface area contributed by atoms with Gasteiger partial charge in [-0.3, -0.25) is 0 Å². The Morgan fingerprint density at radius 1 is 1.25 bits per heavy atom. The predicted octanol–water partition coefficient (Wildman–Crippen LogP) is 0.737. The lowest BCUT2D eigenvalue weighted by molar-refractivity contribution is 0.365. The Morgan fingerprint density at radius 3 is 2.67 bits per heavy atom. The molecule has 0 N–H and O–H groups in total. The van der Waals surface area contributed by atoms with Crippen LogP contribution in [-0.2, 0) is 9.31 Å². The summed E-state index contributed by atoms with van der Waals surface area (Å²) in [6.07, 6.45) is 0. The average molecular weight is 162 g/mol. The second kappa shape index (κ2) is 3.29. The van der Waals surface area contributed by atoms with Gasteiger partial charge in [0.15, 0.2) is 0 Å². The summed E-state index contributed by atoms with van der Waals surface area (Å²) in [5, 5.41) is 0. The Kier molecular flexibility index (Phi) is 2.15. The molecule has 1 fully saturated rings. The molecule has 1 heterocycles. The molecular formula is C9H11BO2. The summed E-state index contributed by atoms with van der Waals surface area (Å²) < 4.78 is 10.7. The molecule has 0 spiro atoms. The molecule has 0 bridgehead atoms. The van der Waals surface area contributed by atoms with Crippen LogP contribution in [0.15, 0.2) is 24.3 Å². The monoisotopic (exact) mass is 162 g/mol. The molecule has 3 heteroatoms. The molecule has 1 aromatic carbocycles. The van der Waals surface area contributed by atoms with Crippen LogP contribution in [0.4, 0.5) is 0 Å². The smallest absolute Gasteiger partial charge is 0.405 e. The van der Waals surface area contributed by atoms with Crippen molar-refractivity contribution in [2.24, 2.45) is 0 Å². The third-order valence-electron chi connectivity index (χ3n) is 1.94. The quantitative estimate of drug-likeness (QED) is 0.567. The van der Waals surface area contributed by atoms with Crippen LogP contribution in [0.2, 0.25) is 0 Å². The van der Waals surface area contributed by atoms with Crippen molar-refractivity contribution in [2.75, 3.05) is 13.2 Å². The van der Waals surface area contributed by atoms with E-state index in [0.717, 1.165) is 5.46 Å². The Morgan fingerprint density at radius 2 is 2.00 bits per heavy atom. The van der Waals surface area contributed by atoms with Crippen molar-refractivity contribution in [2.45, 2.75) is 6.92 Å². The minimum absolute atomic E-state index is 0.134. The van der Waals surface area contributed by atoms with E-state index in [1.165, 1.54) is 5.56 Å².